The standard InChI is InChI=1S/C17H24N2O4/c1-23-15-9-18-13(7-14(15)21)16(22)19-6-2-5-17(10-19,11-20)8-12-3-4-12/h7,9,12,20H,2-6,8,10-11H2,1H3,(H,18,21)/t17-/m1/s1. The minimum atomic E-state index is -0.307. The highest BCUT2D eigenvalue weighted by molar-refractivity contribution is 5.92. The van der Waals surface area contributed by atoms with Gasteiger partial charge in [0.15, 0.2) is 5.75 Å². The Kier molecular flexibility index (Phi) is 4.43. The Hall–Kier alpha value is -1.82. The van der Waals surface area contributed by atoms with Gasteiger partial charge in [0.1, 0.15) is 5.69 Å². The number of hydrogen-bond donors (Lipinski definition) is 2. The highest BCUT2D eigenvalue weighted by Gasteiger charge is 2.41. The van der Waals surface area contributed by atoms with E-state index in [1.807, 2.05) is 0 Å². The van der Waals surface area contributed by atoms with Crippen molar-refractivity contribution < 1.29 is 14.6 Å². The first kappa shape index (κ1) is 16.1. The number of aromatic nitrogens is 1. The van der Waals surface area contributed by atoms with Gasteiger partial charge >= 0.3 is 0 Å². The van der Waals surface area contributed by atoms with Crippen molar-refractivity contribution in [3.05, 3.63) is 28.2 Å². The number of carbonyl (C=O) groups is 1. The van der Waals surface area contributed by atoms with Crippen molar-refractivity contribution in [2.75, 3.05) is 26.8 Å². The lowest BCUT2D eigenvalue weighted by molar-refractivity contribution is 0.0193. The van der Waals surface area contributed by atoms with Gasteiger partial charge in [0.05, 0.1) is 13.7 Å². The van der Waals surface area contributed by atoms with Crippen LogP contribution in [0.5, 0.6) is 5.75 Å². The number of hydrogen-bond acceptors (Lipinski definition) is 4. The Bertz CT molecular complexity index is 638. The lowest BCUT2D eigenvalue weighted by Gasteiger charge is -2.42. The number of methoxy groups -OCH3 is 1. The molecule has 0 unspecified atom stereocenters. The number of piperidine rings is 1. The molecule has 2 heterocycles. The first-order chi connectivity index (χ1) is 11.1. The Balaban J connectivity index is 1.76. The molecule has 6 nitrogen and oxygen atoms in total. The number of rotatable bonds is 5. The largest absolute Gasteiger partial charge is 0.491 e. The van der Waals surface area contributed by atoms with Crippen LogP contribution in [0, 0.1) is 11.3 Å². The zero-order valence-electron chi connectivity index (χ0n) is 13.5. The summed E-state index contributed by atoms with van der Waals surface area (Å²) in [4.78, 5) is 29.1. The van der Waals surface area contributed by atoms with E-state index in [1.54, 1.807) is 4.90 Å². The Morgan fingerprint density at radius 3 is 2.91 bits per heavy atom. The third-order valence-electron chi connectivity index (χ3n) is 5.03. The van der Waals surface area contributed by atoms with Crippen LogP contribution in [0.2, 0.25) is 0 Å². The topological polar surface area (TPSA) is 82.6 Å². The zero-order chi connectivity index (χ0) is 16.4. The second kappa shape index (κ2) is 6.35. The van der Waals surface area contributed by atoms with Crippen molar-refractivity contribution in [1.82, 2.24) is 9.88 Å². The van der Waals surface area contributed by atoms with Crippen LogP contribution < -0.4 is 10.2 Å². The highest BCUT2D eigenvalue weighted by Crippen LogP contribution is 2.44. The molecule has 0 radical (unpaired) electrons. The van der Waals surface area contributed by atoms with E-state index in [9.17, 15) is 14.7 Å². The number of carbonyl (C=O) groups excluding carboxylic acids is 1. The SMILES string of the molecule is COc1c[nH]c(C(=O)N2CCC[C@@](CO)(CC3CC3)C2)cc1=O. The van der Waals surface area contributed by atoms with Gasteiger partial charge in [0.2, 0.25) is 5.43 Å². The van der Waals surface area contributed by atoms with E-state index in [4.69, 9.17) is 4.74 Å². The minimum Gasteiger partial charge on any atom is -0.491 e. The summed E-state index contributed by atoms with van der Waals surface area (Å²) in [5, 5.41) is 9.89. The highest BCUT2D eigenvalue weighted by atomic mass is 16.5. The van der Waals surface area contributed by atoms with Gasteiger partial charge in [0.25, 0.3) is 5.91 Å². The van der Waals surface area contributed by atoms with Gasteiger partial charge in [-0.3, -0.25) is 9.59 Å². The maximum Gasteiger partial charge on any atom is 0.270 e. The van der Waals surface area contributed by atoms with Gasteiger partial charge in [-0.15, -0.1) is 0 Å². The van der Waals surface area contributed by atoms with Crippen LogP contribution in [-0.2, 0) is 0 Å². The first-order valence-electron chi connectivity index (χ1n) is 8.24. The zero-order valence-corrected chi connectivity index (χ0v) is 13.5. The summed E-state index contributed by atoms with van der Waals surface area (Å²) in [7, 11) is 1.42. The van der Waals surface area contributed by atoms with Gasteiger partial charge in [-0.25, -0.2) is 0 Å². The van der Waals surface area contributed by atoms with Crippen LogP contribution in [0.3, 0.4) is 0 Å². The summed E-state index contributed by atoms with van der Waals surface area (Å²) in [6.07, 6.45) is 6.74. The predicted molar refractivity (Wildman–Crippen MR) is 85.6 cm³/mol. The maximum absolute atomic E-state index is 12.7. The van der Waals surface area contributed by atoms with E-state index >= 15 is 0 Å². The number of aliphatic hydroxyl groups excluding tert-OH is 1. The molecular weight excluding hydrogens is 296 g/mol. The van der Waals surface area contributed by atoms with Gasteiger partial charge < -0.3 is 19.7 Å². The number of aliphatic hydroxyl groups is 1. The van der Waals surface area contributed by atoms with Gasteiger partial charge in [-0.05, 0) is 25.2 Å². The van der Waals surface area contributed by atoms with E-state index in [0.717, 1.165) is 19.3 Å². The molecule has 1 amide bonds. The first-order valence-corrected chi connectivity index (χ1v) is 8.24. The van der Waals surface area contributed by atoms with Crippen LogP contribution in [-0.4, -0.2) is 47.7 Å². The van der Waals surface area contributed by atoms with Crippen LogP contribution in [0.15, 0.2) is 17.1 Å². The summed E-state index contributed by atoms with van der Waals surface area (Å²) in [6, 6.07) is 1.29. The number of H-pyrrole nitrogens is 1. The smallest absolute Gasteiger partial charge is 0.270 e. The van der Waals surface area contributed by atoms with Gasteiger partial charge in [-0.2, -0.15) is 0 Å². The molecule has 126 valence electrons. The number of pyridine rings is 1. The second-order valence-electron chi connectivity index (χ2n) is 6.92. The molecule has 1 aliphatic heterocycles. The fourth-order valence-corrected chi connectivity index (χ4v) is 3.59. The van der Waals surface area contributed by atoms with Crippen LogP contribution in [0.4, 0.5) is 0 Å². The van der Waals surface area contributed by atoms with Gasteiger partial charge in [0, 0.05) is 30.8 Å². The summed E-state index contributed by atoms with van der Waals surface area (Å²) < 4.78 is 4.92. The van der Waals surface area contributed by atoms with E-state index in [1.165, 1.54) is 32.2 Å². The molecule has 0 spiro atoms. The number of ether oxygens (including phenoxy) is 1. The Morgan fingerprint density at radius 2 is 2.30 bits per heavy atom. The lowest BCUT2D eigenvalue weighted by atomic mass is 9.76. The van der Waals surface area contributed by atoms with Crippen LogP contribution in [0.25, 0.3) is 0 Å². The molecule has 0 aromatic carbocycles. The van der Waals surface area contributed by atoms with E-state index in [-0.39, 0.29) is 34.8 Å². The van der Waals surface area contributed by atoms with Crippen molar-refractivity contribution in [2.45, 2.75) is 32.1 Å². The molecule has 1 aliphatic carbocycles. The molecule has 3 rings (SSSR count). The predicted octanol–water partition coefficient (Wildman–Crippen LogP) is 1.40. The molecule has 2 aliphatic rings. The summed E-state index contributed by atoms with van der Waals surface area (Å²) >= 11 is 0. The molecule has 2 fully saturated rings. The van der Waals surface area contributed by atoms with Crippen molar-refractivity contribution in [2.24, 2.45) is 11.3 Å². The van der Waals surface area contributed by atoms with Crippen LogP contribution >= 0.6 is 0 Å². The number of likely N-dealkylation sites (tertiary alicyclic amines) is 1. The molecule has 1 aromatic heterocycles. The molecule has 23 heavy (non-hydrogen) atoms. The molecule has 0 bridgehead atoms. The molecule has 6 heteroatoms. The van der Waals surface area contributed by atoms with Crippen molar-refractivity contribution in [3.63, 3.8) is 0 Å². The fraction of sp³-hybridized carbons (Fsp3) is 0.647. The number of nitrogens with zero attached hydrogens (tertiary/aromatic N) is 1. The normalized spacial score (nSPS) is 24.5. The molecule has 2 N–H and O–H groups in total. The molecular formula is C17H24N2O4. The summed E-state index contributed by atoms with van der Waals surface area (Å²) in [5.74, 6) is 0.717. The van der Waals surface area contributed by atoms with Crippen molar-refractivity contribution in [3.8, 4) is 5.75 Å². The Labute approximate surface area is 135 Å². The van der Waals surface area contributed by atoms with Crippen LogP contribution in [0.1, 0.15) is 42.6 Å². The maximum atomic E-state index is 12.7. The number of aromatic amines is 1. The second-order valence-corrected chi connectivity index (χ2v) is 6.92. The van der Waals surface area contributed by atoms with Gasteiger partial charge in [-0.1, -0.05) is 12.8 Å². The minimum absolute atomic E-state index is 0.117. The fourth-order valence-electron chi connectivity index (χ4n) is 3.59. The van der Waals surface area contributed by atoms with Crippen molar-refractivity contribution in [1.29, 1.82) is 0 Å². The molecule has 1 saturated carbocycles. The summed E-state index contributed by atoms with van der Waals surface area (Å²) in [6.45, 7) is 1.35. The average Bonchev–Trinajstić information content (AvgIpc) is 3.38. The van der Waals surface area contributed by atoms with E-state index < -0.39 is 0 Å². The molecule has 1 aromatic rings. The number of amides is 1. The average molecular weight is 320 g/mol. The lowest BCUT2D eigenvalue weighted by Crippen LogP contribution is -2.48. The monoisotopic (exact) mass is 320 g/mol. The number of nitrogens with one attached hydrogen (secondary N) is 1. The Morgan fingerprint density at radius 1 is 1.52 bits per heavy atom. The third-order valence-corrected chi connectivity index (χ3v) is 5.03. The van der Waals surface area contributed by atoms with E-state index in [2.05, 4.69) is 4.98 Å². The quantitative estimate of drug-likeness (QED) is 0.859. The molecule has 1 saturated heterocycles. The van der Waals surface area contributed by atoms with E-state index in [0.29, 0.717) is 19.0 Å². The summed E-state index contributed by atoms with van der Waals surface area (Å²) in [5.41, 5.74) is -0.212. The molecule has 1 atom stereocenters. The van der Waals surface area contributed by atoms with Crippen molar-refractivity contribution >= 4 is 5.91 Å². The third kappa shape index (κ3) is 3.42.